The molecule has 2 atom stereocenters. The van der Waals surface area contributed by atoms with Gasteiger partial charge in [-0.15, -0.1) is 0 Å². The van der Waals surface area contributed by atoms with Crippen LogP contribution in [0.2, 0.25) is 0 Å². The van der Waals surface area contributed by atoms with Crippen molar-refractivity contribution in [1.82, 2.24) is 4.90 Å². The van der Waals surface area contributed by atoms with Gasteiger partial charge in [-0.05, 0) is 36.8 Å². The summed E-state index contributed by atoms with van der Waals surface area (Å²) in [5.41, 5.74) is 2.85. The molecule has 0 aliphatic carbocycles. The number of para-hydroxylation sites is 1. The van der Waals surface area contributed by atoms with Crippen LogP contribution in [-0.2, 0) is 9.59 Å². The molecular formula is C27H32N2O3. The Hall–Kier alpha value is -2.95. The standard InChI is InChI=1S/C27H32N2O3/c1-3-19(2)23-11-7-8-12-24(23)29-18-22(17-25(29)30)27(32)28-15-13-21(14-16-28)26(31)20-9-5-4-6-10-20/h4-12,19,21-22H,3,13-18H2,1-2H3. The van der Waals surface area contributed by atoms with Crippen molar-refractivity contribution in [2.75, 3.05) is 24.5 Å². The lowest BCUT2D eigenvalue weighted by Crippen LogP contribution is -2.43. The molecule has 2 heterocycles. The third-order valence-electron chi connectivity index (χ3n) is 7.08. The molecule has 0 saturated carbocycles. The van der Waals surface area contributed by atoms with E-state index in [9.17, 15) is 14.4 Å². The van der Waals surface area contributed by atoms with E-state index in [0.717, 1.165) is 23.2 Å². The summed E-state index contributed by atoms with van der Waals surface area (Å²) >= 11 is 0. The summed E-state index contributed by atoms with van der Waals surface area (Å²) in [6.07, 6.45) is 2.62. The van der Waals surface area contributed by atoms with Gasteiger partial charge in [-0.2, -0.15) is 0 Å². The second-order valence-electron chi connectivity index (χ2n) is 9.10. The first-order valence-electron chi connectivity index (χ1n) is 11.8. The summed E-state index contributed by atoms with van der Waals surface area (Å²) in [6, 6.07) is 17.4. The highest BCUT2D eigenvalue weighted by Gasteiger charge is 2.39. The molecule has 0 aromatic heterocycles. The number of piperidine rings is 1. The zero-order valence-corrected chi connectivity index (χ0v) is 19.0. The molecule has 4 rings (SSSR count). The van der Waals surface area contributed by atoms with Gasteiger partial charge in [0, 0.05) is 43.2 Å². The molecule has 0 N–H and O–H groups in total. The van der Waals surface area contributed by atoms with E-state index >= 15 is 0 Å². The molecule has 2 aliphatic rings. The molecule has 2 saturated heterocycles. The van der Waals surface area contributed by atoms with Gasteiger partial charge in [-0.25, -0.2) is 0 Å². The van der Waals surface area contributed by atoms with Gasteiger partial charge in [0.2, 0.25) is 11.8 Å². The van der Waals surface area contributed by atoms with Crippen LogP contribution < -0.4 is 4.90 Å². The van der Waals surface area contributed by atoms with Gasteiger partial charge in [0.25, 0.3) is 0 Å². The molecular weight excluding hydrogens is 400 g/mol. The number of rotatable bonds is 6. The Labute approximate surface area is 190 Å². The van der Waals surface area contributed by atoms with Gasteiger partial charge in [-0.3, -0.25) is 14.4 Å². The average Bonchev–Trinajstić information content (AvgIpc) is 3.24. The Bertz CT molecular complexity index is 979. The van der Waals surface area contributed by atoms with Gasteiger partial charge in [-0.1, -0.05) is 62.4 Å². The number of ketones is 1. The first kappa shape index (κ1) is 22.3. The van der Waals surface area contributed by atoms with Crippen molar-refractivity contribution in [2.24, 2.45) is 11.8 Å². The molecule has 2 aromatic carbocycles. The van der Waals surface area contributed by atoms with Gasteiger partial charge in [0.05, 0.1) is 5.92 Å². The summed E-state index contributed by atoms with van der Waals surface area (Å²) in [4.78, 5) is 42.4. The van der Waals surface area contributed by atoms with Gasteiger partial charge in [0.1, 0.15) is 0 Å². The van der Waals surface area contributed by atoms with Crippen molar-refractivity contribution >= 4 is 23.3 Å². The molecule has 0 bridgehead atoms. The molecule has 2 fully saturated rings. The SMILES string of the molecule is CCC(C)c1ccccc1N1CC(C(=O)N2CCC(C(=O)c3ccccc3)CC2)CC1=O. The largest absolute Gasteiger partial charge is 0.342 e. The molecule has 2 amide bonds. The number of Topliss-reactive ketones (excluding diaryl/α,β-unsaturated/α-hetero) is 1. The number of anilines is 1. The fraction of sp³-hybridized carbons (Fsp3) is 0.444. The van der Waals surface area contributed by atoms with Crippen LogP contribution in [0.3, 0.4) is 0 Å². The molecule has 0 radical (unpaired) electrons. The van der Waals surface area contributed by atoms with Crippen LogP contribution in [0.1, 0.15) is 61.4 Å². The topological polar surface area (TPSA) is 57.7 Å². The Kier molecular flexibility index (Phi) is 6.73. The molecule has 32 heavy (non-hydrogen) atoms. The quantitative estimate of drug-likeness (QED) is 0.623. The Morgan fingerprint density at radius 1 is 0.969 bits per heavy atom. The maximum absolute atomic E-state index is 13.2. The number of benzene rings is 2. The number of carbonyl (C=O) groups excluding carboxylic acids is 3. The highest BCUT2D eigenvalue weighted by atomic mass is 16.2. The highest BCUT2D eigenvalue weighted by Crippen LogP contribution is 2.34. The van der Waals surface area contributed by atoms with E-state index in [1.54, 1.807) is 4.90 Å². The number of hydrogen-bond acceptors (Lipinski definition) is 3. The summed E-state index contributed by atoms with van der Waals surface area (Å²) in [6.45, 7) is 5.91. The minimum absolute atomic E-state index is 0.0215. The highest BCUT2D eigenvalue weighted by molar-refractivity contribution is 6.01. The van der Waals surface area contributed by atoms with E-state index in [-0.39, 0.29) is 35.9 Å². The number of hydrogen-bond donors (Lipinski definition) is 0. The number of amides is 2. The third kappa shape index (κ3) is 4.47. The fourth-order valence-corrected chi connectivity index (χ4v) is 4.93. The third-order valence-corrected chi connectivity index (χ3v) is 7.08. The minimum atomic E-state index is -0.311. The predicted octanol–water partition coefficient (Wildman–Crippen LogP) is 4.67. The fourth-order valence-electron chi connectivity index (χ4n) is 4.93. The number of nitrogens with zero attached hydrogens (tertiary/aromatic N) is 2. The second kappa shape index (κ2) is 9.68. The first-order chi connectivity index (χ1) is 15.5. The van der Waals surface area contributed by atoms with Crippen LogP contribution in [0.25, 0.3) is 0 Å². The molecule has 2 aliphatic heterocycles. The normalized spacial score (nSPS) is 20.4. The van der Waals surface area contributed by atoms with Crippen molar-refractivity contribution in [3.8, 4) is 0 Å². The van der Waals surface area contributed by atoms with Crippen molar-refractivity contribution in [3.05, 3.63) is 65.7 Å². The van der Waals surface area contributed by atoms with Crippen molar-refractivity contribution in [2.45, 2.75) is 45.4 Å². The Morgan fingerprint density at radius 3 is 2.31 bits per heavy atom. The zero-order valence-electron chi connectivity index (χ0n) is 19.0. The minimum Gasteiger partial charge on any atom is -0.342 e. The van der Waals surface area contributed by atoms with E-state index in [0.29, 0.717) is 38.4 Å². The van der Waals surface area contributed by atoms with E-state index in [1.807, 2.05) is 53.4 Å². The van der Waals surface area contributed by atoms with Gasteiger partial charge >= 0.3 is 0 Å². The lowest BCUT2D eigenvalue weighted by atomic mass is 9.88. The smallest absolute Gasteiger partial charge is 0.228 e. The van der Waals surface area contributed by atoms with Crippen LogP contribution in [0, 0.1) is 11.8 Å². The van der Waals surface area contributed by atoms with E-state index in [2.05, 4.69) is 19.9 Å². The van der Waals surface area contributed by atoms with Crippen molar-refractivity contribution in [1.29, 1.82) is 0 Å². The lowest BCUT2D eigenvalue weighted by molar-refractivity contribution is -0.137. The Morgan fingerprint density at radius 2 is 1.62 bits per heavy atom. The molecule has 2 aromatic rings. The zero-order chi connectivity index (χ0) is 22.7. The molecule has 0 spiro atoms. The predicted molar refractivity (Wildman–Crippen MR) is 126 cm³/mol. The molecule has 5 heteroatoms. The maximum Gasteiger partial charge on any atom is 0.228 e. The molecule has 5 nitrogen and oxygen atoms in total. The van der Waals surface area contributed by atoms with Crippen molar-refractivity contribution < 1.29 is 14.4 Å². The van der Waals surface area contributed by atoms with Crippen molar-refractivity contribution in [3.63, 3.8) is 0 Å². The second-order valence-corrected chi connectivity index (χ2v) is 9.10. The van der Waals surface area contributed by atoms with E-state index in [4.69, 9.17) is 0 Å². The average molecular weight is 433 g/mol. The summed E-state index contributed by atoms with van der Waals surface area (Å²) < 4.78 is 0. The monoisotopic (exact) mass is 432 g/mol. The van der Waals surface area contributed by atoms with Gasteiger partial charge in [0.15, 0.2) is 5.78 Å². The van der Waals surface area contributed by atoms with Crippen LogP contribution in [-0.4, -0.2) is 42.1 Å². The van der Waals surface area contributed by atoms with Crippen LogP contribution >= 0.6 is 0 Å². The maximum atomic E-state index is 13.2. The number of carbonyl (C=O) groups is 3. The summed E-state index contributed by atoms with van der Waals surface area (Å²) in [5, 5.41) is 0. The first-order valence-corrected chi connectivity index (χ1v) is 11.8. The van der Waals surface area contributed by atoms with Crippen LogP contribution in [0.5, 0.6) is 0 Å². The number of likely N-dealkylation sites (tertiary alicyclic amines) is 1. The molecule has 2 unspecified atom stereocenters. The molecule has 168 valence electrons. The van der Waals surface area contributed by atoms with Crippen LogP contribution in [0.15, 0.2) is 54.6 Å². The summed E-state index contributed by atoms with van der Waals surface area (Å²) in [5.74, 6) is 0.247. The lowest BCUT2D eigenvalue weighted by Gasteiger charge is -2.33. The summed E-state index contributed by atoms with van der Waals surface area (Å²) in [7, 11) is 0. The van der Waals surface area contributed by atoms with E-state index < -0.39 is 0 Å². The van der Waals surface area contributed by atoms with Crippen LogP contribution in [0.4, 0.5) is 5.69 Å². The van der Waals surface area contributed by atoms with E-state index in [1.165, 1.54) is 0 Å². The van der Waals surface area contributed by atoms with Gasteiger partial charge < -0.3 is 9.80 Å². The Balaban J connectivity index is 1.38.